The van der Waals surface area contributed by atoms with E-state index in [-0.39, 0.29) is 48.0 Å². The Morgan fingerprint density at radius 1 is 1.03 bits per heavy atom. The third kappa shape index (κ3) is 10.6. The maximum Gasteiger partial charge on any atom is 0.197 e. The van der Waals surface area contributed by atoms with Gasteiger partial charge >= 0.3 is 0 Å². The van der Waals surface area contributed by atoms with Crippen LogP contribution in [0.2, 0.25) is 0 Å². The molecule has 1 fully saturated rings. The molecule has 4 N–H and O–H groups in total. The van der Waals surface area contributed by atoms with Crippen LogP contribution in [0.3, 0.4) is 0 Å². The second-order valence-electron chi connectivity index (χ2n) is 8.53. The van der Waals surface area contributed by atoms with Gasteiger partial charge in [-0.25, -0.2) is 0 Å². The van der Waals surface area contributed by atoms with E-state index >= 15 is 0 Å². The van der Waals surface area contributed by atoms with Gasteiger partial charge in [-0.15, -0.1) is 0 Å². The Morgan fingerprint density at radius 2 is 1.63 bits per heavy atom. The Bertz CT molecular complexity index is 625. The first kappa shape index (κ1) is 28.1. The normalized spacial score (nSPS) is 26.6. The first-order valence-electron chi connectivity index (χ1n) is 10.8. The Morgan fingerprint density at radius 3 is 2.27 bits per heavy atom. The van der Waals surface area contributed by atoms with Crippen LogP contribution in [0.5, 0.6) is 5.75 Å². The van der Waals surface area contributed by atoms with Crippen LogP contribution in [0.25, 0.3) is 0 Å². The summed E-state index contributed by atoms with van der Waals surface area (Å²) in [6.07, 6.45) is 4.69. The van der Waals surface area contributed by atoms with Gasteiger partial charge in [-0.3, -0.25) is 4.57 Å². The van der Waals surface area contributed by atoms with E-state index in [2.05, 4.69) is 0 Å². The van der Waals surface area contributed by atoms with Crippen LogP contribution in [-0.2, 0) is 4.57 Å². The van der Waals surface area contributed by atoms with Crippen molar-refractivity contribution in [3.63, 3.8) is 0 Å². The van der Waals surface area contributed by atoms with Gasteiger partial charge in [0.2, 0.25) is 0 Å². The second-order valence-corrected chi connectivity index (χ2v) is 11.1. The second kappa shape index (κ2) is 14.3. The van der Waals surface area contributed by atoms with Gasteiger partial charge in [0.1, 0.15) is 12.4 Å². The number of benzene rings is 1. The van der Waals surface area contributed by atoms with E-state index in [9.17, 15) is 24.8 Å². The molecule has 6 nitrogen and oxygen atoms in total. The van der Waals surface area contributed by atoms with Gasteiger partial charge in [0.15, 0.2) is 7.37 Å². The fraction of sp³-hybridized carbons (Fsp3) is 0.727. The summed E-state index contributed by atoms with van der Waals surface area (Å²) >= 11 is 0. The Balaban J connectivity index is 0.00000450. The maximum atomic E-state index is 11.3. The SMILES string of the molecule is CP(=O)(O)CCCCCCC1C(O)CC(O)C1CCC(O)COc1ccccc1.[Na]. The standard InChI is InChI=1S/C22H37O6P.Na/c1-29(26,27)14-8-3-2-7-11-19-20(22(25)15-21(19)24)13-12-17(23)16-28-18-9-5-4-6-10-18;/h4-6,9-10,17,19-25H,2-3,7-8,11-16H2,1H3,(H,26,27);. The van der Waals surface area contributed by atoms with Crippen LogP contribution in [0.1, 0.15) is 51.4 Å². The molecule has 167 valence electrons. The van der Waals surface area contributed by atoms with Crippen molar-refractivity contribution in [2.45, 2.75) is 69.7 Å². The van der Waals surface area contributed by atoms with Crippen molar-refractivity contribution in [2.75, 3.05) is 19.4 Å². The van der Waals surface area contributed by atoms with E-state index < -0.39 is 25.7 Å². The monoisotopic (exact) mass is 451 g/mol. The molecule has 1 saturated carbocycles. The van der Waals surface area contributed by atoms with Gasteiger partial charge in [-0.2, -0.15) is 0 Å². The minimum atomic E-state index is -2.91. The van der Waals surface area contributed by atoms with E-state index in [0.29, 0.717) is 25.4 Å². The largest absolute Gasteiger partial charge is 0.491 e. The minimum Gasteiger partial charge on any atom is -0.491 e. The van der Waals surface area contributed by atoms with Crippen molar-refractivity contribution in [2.24, 2.45) is 11.8 Å². The average Bonchev–Trinajstić information content (AvgIpc) is 2.93. The summed E-state index contributed by atoms with van der Waals surface area (Å²) in [5.41, 5.74) is 0. The number of aliphatic hydroxyl groups excluding tert-OH is 3. The summed E-state index contributed by atoms with van der Waals surface area (Å²) in [4.78, 5) is 9.32. The zero-order chi connectivity index (χ0) is 21.3. The van der Waals surface area contributed by atoms with Crippen molar-refractivity contribution in [3.8, 4) is 5.75 Å². The van der Waals surface area contributed by atoms with Crippen molar-refractivity contribution in [1.29, 1.82) is 0 Å². The molecule has 8 heteroatoms. The predicted molar refractivity (Wildman–Crippen MR) is 120 cm³/mol. The zero-order valence-electron chi connectivity index (χ0n) is 18.4. The van der Waals surface area contributed by atoms with E-state index in [4.69, 9.17) is 4.74 Å². The molecular formula is C22H37NaO6P. The minimum absolute atomic E-state index is 0. The molecule has 0 heterocycles. The van der Waals surface area contributed by atoms with Gasteiger partial charge < -0.3 is 24.9 Å². The van der Waals surface area contributed by atoms with Gasteiger partial charge in [0.05, 0.1) is 18.3 Å². The van der Waals surface area contributed by atoms with Gasteiger partial charge in [0, 0.05) is 42.4 Å². The summed E-state index contributed by atoms with van der Waals surface area (Å²) in [5.74, 6) is 0.758. The van der Waals surface area contributed by atoms with Gasteiger partial charge in [-0.05, 0) is 56.1 Å². The fourth-order valence-electron chi connectivity index (χ4n) is 4.30. The fourth-order valence-corrected chi connectivity index (χ4v) is 5.11. The van der Waals surface area contributed by atoms with E-state index in [1.165, 1.54) is 6.66 Å². The molecule has 0 bridgehead atoms. The molecule has 0 aromatic heterocycles. The summed E-state index contributed by atoms with van der Waals surface area (Å²) in [6, 6.07) is 9.37. The maximum absolute atomic E-state index is 11.3. The van der Waals surface area contributed by atoms with Crippen LogP contribution in [0.4, 0.5) is 0 Å². The molecule has 0 spiro atoms. The van der Waals surface area contributed by atoms with Crippen molar-refractivity contribution in [3.05, 3.63) is 30.3 Å². The molecule has 2 rings (SSSR count). The third-order valence-corrected chi connectivity index (χ3v) is 7.05. The molecule has 30 heavy (non-hydrogen) atoms. The van der Waals surface area contributed by atoms with Crippen molar-refractivity contribution in [1.82, 2.24) is 0 Å². The number of rotatable bonds is 13. The van der Waals surface area contributed by atoms with Crippen LogP contribution in [-0.4, -0.2) is 87.5 Å². The molecular weight excluding hydrogens is 414 g/mol. The van der Waals surface area contributed by atoms with Crippen molar-refractivity contribution >= 4 is 36.9 Å². The van der Waals surface area contributed by atoms with E-state index in [1.54, 1.807) is 0 Å². The van der Waals surface area contributed by atoms with Crippen LogP contribution in [0, 0.1) is 11.8 Å². The van der Waals surface area contributed by atoms with Gasteiger partial charge in [0.25, 0.3) is 0 Å². The number of aliphatic hydroxyl groups is 3. The summed E-state index contributed by atoms with van der Waals surface area (Å²) in [7, 11) is -2.91. The van der Waals surface area contributed by atoms with Gasteiger partial charge in [-0.1, -0.05) is 37.5 Å². The van der Waals surface area contributed by atoms with Crippen molar-refractivity contribution < 1.29 is 29.5 Å². The summed E-state index contributed by atoms with van der Waals surface area (Å²) < 4.78 is 16.9. The van der Waals surface area contributed by atoms with E-state index in [1.807, 2.05) is 30.3 Å². The number of unbranched alkanes of at least 4 members (excludes halogenated alkanes) is 3. The number of hydrogen-bond donors (Lipinski definition) is 4. The van der Waals surface area contributed by atoms with Crippen LogP contribution < -0.4 is 4.74 Å². The molecule has 0 amide bonds. The first-order valence-corrected chi connectivity index (χ1v) is 13.1. The molecule has 6 atom stereocenters. The molecule has 0 saturated heterocycles. The third-order valence-electron chi connectivity index (χ3n) is 5.90. The molecule has 6 unspecified atom stereocenters. The number of hydrogen-bond acceptors (Lipinski definition) is 5. The molecule has 0 aliphatic heterocycles. The topological polar surface area (TPSA) is 107 Å². The summed E-state index contributed by atoms with van der Waals surface area (Å²) in [5, 5.41) is 30.9. The smallest absolute Gasteiger partial charge is 0.197 e. The average molecular weight is 451 g/mol. The quantitative estimate of drug-likeness (QED) is 0.209. The molecule has 1 aromatic rings. The van der Waals surface area contributed by atoms with Crippen LogP contribution >= 0.6 is 7.37 Å². The Labute approximate surface area is 202 Å². The first-order chi connectivity index (χ1) is 13.8. The molecule has 1 radical (unpaired) electrons. The van der Waals surface area contributed by atoms with Crippen LogP contribution in [0.15, 0.2) is 30.3 Å². The zero-order valence-corrected chi connectivity index (χ0v) is 21.3. The van der Waals surface area contributed by atoms with E-state index in [0.717, 1.165) is 37.9 Å². The Hall–Kier alpha value is 0.0900. The molecule has 1 aliphatic rings. The number of ether oxygens (including phenoxy) is 1. The Kier molecular flexibility index (Phi) is 13.4. The number of para-hydroxylation sites is 1. The summed E-state index contributed by atoms with van der Waals surface area (Å²) in [6.45, 7) is 1.61. The predicted octanol–water partition coefficient (Wildman–Crippen LogP) is 3.03. The molecule has 1 aliphatic carbocycles. The molecule has 1 aromatic carbocycles.